The van der Waals surface area contributed by atoms with Gasteiger partial charge in [-0.25, -0.2) is 4.39 Å². The summed E-state index contributed by atoms with van der Waals surface area (Å²) < 4.78 is 18.8. The molecule has 4 heteroatoms. The Labute approximate surface area is 89.4 Å². The van der Waals surface area contributed by atoms with Gasteiger partial charge < -0.3 is 4.74 Å². The zero-order chi connectivity index (χ0) is 11.3. The van der Waals surface area contributed by atoms with E-state index in [0.717, 1.165) is 0 Å². The van der Waals surface area contributed by atoms with Crippen LogP contribution in [0.4, 0.5) is 4.39 Å². The molecular formula is C11H17FN2O. The lowest BCUT2D eigenvalue weighted by atomic mass is 10.1. The highest BCUT2D eigenvalue weighted by Gasteiger charge is 2.14. The molecule has 0 saturated heterocycles. The van der Waals surface area contributed by atoms with Gasteiger partial charge in [-0.1, -0.05) is 18.2 Å². The maximum atomic E-state index is 13.4. The Bertz CT molecular complexity index is 304. The van der Waals surface area contributed by atoms with Gasteiger partial charge in [0.1, 0.15) is 5.82 Å². The van der Waals surface area contributed by atoms with Crippen LogP contribution in [0.2, 0.25) is 0 Å². The second kappa shape index (κ2) is 5.80. The second-order valence-corrected chi connectivity index (χ2v) is 3.62. The van der Waals surface area contributed by atoms with Crippen molar-refractivity contribution in [1.29, 1.82) is 0 Å². The lowest BCUT2D eigenvalue weighted by Gasteiger charge is -2.18. The molecule has 84 valence electrons. The first kappa shape index (κ1) is 12.1. The molecule has 0 aliphatic heterocycles. The minimum atomic E-state index is -0.311. The van der Waals surface area contributed by atoms with Crippen LogP contribution in [0.15, 0.2) is 24.3 Å². The summed E-state index contributed by atoms with van der Waals surface area (Å²) >= 11 is 0. The SMILES string of the molecule is CC(C)OCC(NN)c1ccccc1F. The summed E-state index contributed by atoms with van der Waals surface area (Å²) in [6.45, 7) is 4.21. The van der Waals surface area contributed by atoms with Gasteiger partial charge in [0.05, 0.1) is 18.8 Å². The Morgan fingerprint density at radius 3 is 2.60 bits per heavy atom. The number of rotatable bonds is 5. The summed E-state index contributed by atoms with van der Waals surface area (Å²) in [6.07, 6.45) is 0.104. The molecule has 0 aliphatic rings. The van der Waals surface area contributed by atoms with Crippen LogP contribution in [0.5, 0.6) is 0 Å². The van der Waals surface area contributed by atoms with E-state index in [0.29, 0.717) is 12.2 Å². The van der Waals surface area contributed by atoms with E-state index in [1.807, 2.05) is 13.8 Å². The molecule has 1 aromatic rings. The molecule has 1 aromatic carbocycles. The van der Waals surface area contributed by atoms with Gasteiger partial charge in [0.25, 0.3) is 0 Å². The fourth-order valence-corrected chi connectivity index (χ4v) is 1.27. The van der Waals surface area contributed by atoms with E-state index in [4.69, 9.17) is 10.6 Å². The molecule has 3 N–H and O–H groups in total. The monoisotopic (exact) mass is 212 g/mol. The van der Waals surface area contributed by atoms with Gasteiger partial charge in [0.15, 0.2) is 0 Å². The Morgan fingerprint density at radius 1 is 1.40 bits per heavy atom. The van der Waals surface area contributed by atoms with E-state index >= 15 is 0 Å². The van der Waals surface area contributed by atoms with Crippen LogP contribution in [0.1, 0.15) is 25.5 Å². The van der Waals surface area contributed by atoms with Crippen molar-refractivity contribution in [1.82, 2.24) is 5.43 Å². The Balaban J connectivity index is 2.70. The number of benzene rings is 1. The number of nitrogens with one attached hydrogen (secondary N) is 1. The van der Waals surface area contributed by atoms with Gasteiger partial charge in [0, 0.05) is 5.56 Å². The Kier molecular flexibility index (Phi) is 4.68. The van der Waals surface area contributed by atoms with Crippen molar-refractivity contribution in [2.75, 3.05) is 6.61 Å². The second-order valence-electron chi connectivity index (χ2n) is 3.62. The molecule has 1 atom stereocenters. The van der Waals surface area contributed by atoms with E-state index < -0.39 is 0 Å². The number of ether oxygens (including phenoxy) is 1. The average Bonchev–Trinajstić information content (AvgIpc) is 2.21. The number of hydrogen-bond acceptors (Lipinski definition) is 3. The molecule has 0 heterocycles. The summed E-state index contributed by atoms with van der Waals surface area (Å²) in [6, 6.07) is 6.22. The number of hydrogen-bond donors (Lipinski definition) is 2. The first-order valence-corrected chi connectivity index (χ1v) is 4.97. The van der Waals surface area contributed by atoms with Gasteiger partial charge in [-0.05, 0) is 19.9 Å². The number of halogens is 1. The van der Waals surface area contributed by atoms with E-state index in [1.54, 1.807) is 18.2 Å². The van der Waals surface area contributed by atoms with Gasteiger partial charge in [-0.3, -0.25) is 11.3 Å². The molecule has 0 aromatic heterocycles. The van der Waals surface area contributed by atoms with E-state index in [-0.39, 0.29) is 18.0 Å². The van der Waals surface area contributed by atoms with Crippen LogP contribution < -0.4 is 11.3 Å². The lowest BCUT2D eigenvalue weighted by molar-refractivity contribution is 0.0604. The molecule has 1 unspecified atom stereocenters. The molecule has 0 saturated carbocycles. The predicted octanol–water partition coefficient (Wildman–Crippen LogP) is 1.76. The van der Waals surface area contributed by atoms with Crippen molar-refractivity contribution in [2.24, 2.45) is 5.84 Å². The molecule has 3 nitrogen and oxygen atoms in total. The van der Waals surface area contributed by atoms with Crippen LogP contribution in [0.3, 0.4) is 0 Å². The molecule has 0 amide bonds. The summed E-state index contributed by atoms with van der Waals surface area (Å²) in [7, 11) is 0. The van der Waals surface area contributed by atoms with Gasteiger partial charge in [-0.2, -0.15) is 0 Å². The largest absolute Gasteiger partial charge is 0.377 e. The molecule has 0 spiro atoms. The fourth-order valence-electron chi connectivity index (χ4n) is 1.27. The molecule has 0 fully saturated rings. The molecule has 0 radical (unpaired) electrons. The average molecular weight is 212 g/mol. The smallest absolute Gasteiger partial charge is 0.128 e. The van der Waals surface area contributed by atoms with Crippen molar-refractivity contribution in [3.63, 3.8) is 0 Å². The first-order valence-electron chi connectivity index (χ1n) is 4.97. The summed E-state index contributed by atoms with van der Waals surface area (Å²) in [5, 5.41) is 0. The normalized spacial score (nSPS) is 13.1. The summed E-state index contributed by atoms with van der Waals surface area (Å²) in [5.41, 5.74) is 3.08. The summed E-state index contributed by atoms with van der Waals surface area (Å²) in [5.74, 6) is 5.09. The first-order chi connectivity index (χ1) is 7.15. The highest BCUT2D eigenvalue weighted by Crippen LogP contribution is 2.16. The fraction of sp³-hybridized carbons (Fsp3) is 0.455. The number of hydrazine groups is 1. The van der Waals surface area contributed by atoms with Crippen LogP contribution >= 0.6 is 0 Å². The lowest BCUT2D eigenvalue weighted by Crippen LogP contribution is -2.32. The van der Waals surface area contributed by atoms with Gasteiger partial charge >= 0.3 is 0 Å². The third kappa shape index (κ3) is 3.58. The van der Waals surface area contributed by atoms with Crippen LogP contribution in [-0.2, 0) is 4.74 Å². The minimum absolute atomic E-state index is 0.104. The zero-order valence-corrected chi connectivity index (χ0v) is 9.03. The van der Waals surface area contributed by atoms with Gasteiger partial charge in [0.2, 0.25) is 0 Å². The van der Waals surface area contributed by atoms with E-state index in [9.17, 15) is 4.39 Å². The quantitative estimate of drug-likeness (QED) is 0.577. The molecular weight excluding hydrogens is 195 g/mol. The zero-order valence-electron chi connectivity index (χ0n) is 9.03. The molecule has 0 bridgehead atoms. The third-order valence-electron chi connectivity index (χ3n) is 2.08. The molecule has 15 heavy (non-hydrogen) atoms. The predicted molar refractivity (Wildman–Crippen MR) is 57.6 cm³/mol. The standard InChI is InChI=1S/C11H17FN2O/c1-8(2)15-7-11(14-13)9-5-3-4-6-10(9)12/h3-6,8,11,14H,7,13H2,1-2H3. The maximum Gasteiger partial charge on any atom is 0.128 e. The van der Waals surface area contributed by atoms with Crippen LogP contribution in [0.25, 0.3) is 0 Å². The Hall–Kier alpha value is -0.970. The van der Waals surface area contributed by atoms with Crippen LogP contribution in [-0.4, -0.2) is 12.7 Å². The summed E-state index contributed by atoms with van der Waals surface area (Å²) in [4.78, 5) is 0. The van der Waals surface area contributed by atoms with Gasteiger partial charge in [-0.15, -0.1) is 0 Å². The van der Waals surface area contributed by atoms with E-state index in [2.05, 4.69) is 5.43 Å². The van der Waals surface area contributed by atoms with Crippen LogP contribution in [0, 0.1) is 5.82 Å². The third-order valence-corrected chi connectivity index (χ3v) is 2.08. The molecule has 1 rings (SSSR count). The minimum Gasteiger partial charge on any atom is -0.377 e. The highest BCUT2D eigenvalue weighted by molar-refractivity contribution is 5.21. The number of nitrogens with two attached hydrogens (primary N) is 1. The van der Waals surface area contributed by atoms with E-state index in [1.165, 1.54) is 6.07 Å². The van der Waals surface area contributed by atoms with Crippen molar-refractivity contribution in [2.45, 2.75) is 26.0 Å². The van der Waals surface area contributed by atoms with Crippen molar-refractivity contribution >= 4 is 0 Å². The molecule has 0 aliphatic carbocycles. The Morgan fingerprint density at radius 2 is 2.07 bits per heavy atom. The van der Waals surface area contributed by atoms with Crippen molar-refractivity contribution in [3.05, 3.63) is 35.6 Å². The topological polar surface area (TPSA) is 47.3 Å². The van der Waals surface area contributed by atoms with Crippen molar-refractivity contribution in [3.8, 4) is 0 Å². The van der Waals surface area contributed by atoms with Crippen molar-refractivity contribution < 1.29 is 9.13 Å². The maximum absolute atomic E-state index is 13.4. The highest BCUT2D eigenvalue weighted by atomic mass is 19.1.